The Labute approximate surface area is 95.2 Å². The van der Waals surface area contributed by atoms with E-state index in [4.69, 9.17) is 9.15 Å². The number of aldehydes is 1. The van der Waals surface area contributed by atoms with Gasteiger partial charge in [0.05, 0.1) is 0 Å². The Bertz CT molecular complexity index is 340. The summed E-state index contributed by atoms with van der Waals surface area (Å²) in [5.74, 6) is 1.86. The molecule has 88 valence electrons. The van der Waals surface area contributed by atoms with Crippen LogP contribution < -0.4 is 4.90 Å². The van der Waals surface area contributed by atoms with Crippen LogP contribution >= 0.6 is 0 Å². The molecule has 0 saturated carbocycles. The van der Waals surface area contributed by atoms with Crippen molar-refractivity contribution in [2.75, 3.05) is 31.7 Å². The van der Waals surface area contributed by atoms with Crippen molar-refractivity contribution >= 4 is 12.2 Å². The van der Waals surface area contributed by atoms with E-state index in [9.17, 15) is 4.79 Å². The molecule has 0 aliphatic carbocycles. The van der Waals surface area contributed by atoms with Crippen molar-refractivity contribution in [3.05, 3.63) is 17.9 Å². The molecule has 0 radical (unpaired) electrons. The molecular weight excluding hydrogens is 206 g/mol. The molecule has 4 nitrogen and oxygen atoms in total. The van der Waals surface area contributed by atoms with E-state index >= 15 is 0 Å². The van der Waals surface area contributed by atoms with Gasteiger partial charge in [-0.15, -0.1) is 0 Å². The van der Waals surface area contributed by atoms with Gasteiger partial charge in [0.25, 0.3) is 0 Å². The van der Waals surface area contributed by atoms with Crippen LogP contribution in [0.3, 0.4) is 0 Å². The standard InChI is InChI=1S/C12H17NO3/c1-15-9-10-4-6-13(7-5-10)12-3-2-11(8-14)16-12/h2-3,8,10H,4-7,9H2,1H3. The van der Waals surface area contributed by atoms with Crippen molar-refractivity contribution in [2.45, 2.75) is 12.8 Å². The number of ether oxygens (including phenoxy) is 1. The average Bonchev–Trinajstić information content (AvgIpc) is 2.79. The molecule has 16 heavy (non-hydrogen) atoms. The van der Waals surface area contributed by atoms with Crippen LogP contribution in [-0.4, -0.2) is 33.1 Å². The third-order valence-electron chi connectivity index (χ3n) is 3.06. The van der Waals surface area contributed by atoms with Gasteiger partial charge in [-0.1, -0.05) is 0 Å². The van der Waals surface area contributed by atoms with Gasteiger partial charge in [-0.3, -0.25) is 4.79 Å². The summed E-state index contributed by atoms with van der Waals surface area (Å²) in [6, 6.07) is 3.57. The quantitative estimate of drug-likeness (QED) is 0.732. The van der Waals surface area contributed by atoms with Crippen molar-refractivity contribution < 1.29 is 13.9 Å². The highest BCUT2D eigenvalue weighted by Gasteiger charge is 2.20. The normalized spacial score (nSPS) is 17.7. The number of piperidine rings is 1. The maximum atomic E-state index is 10.5. The average molecular weight is 223 g/mol. The van der Waals surface area contributed by atoms with E-state index in [-0.39, 0.29) is 0 Å². The summed E-state index contributed by atoms with van der Waals surface area (Å²) in [6.07, 6.45) is 2.97. The van der Waals surface area contributed by atoms with Crippen LogP contribution in [0, 0.1) is 5.92 Å². The SMILES string of the molecule is COCC1CCN(c2ccc(C=O)o2)CC1. The fourth-order valence-electron chi connectivity index (χ4n) is 2.13. The molecule has 4 heteroatoms. The van der Waals surface area contributed by atoms with E-state index in [1.165, 1.54) is 0 Å². The first-order chi connectivity index (χ1) is 7.83. The van der Waals surface area contributed by atoms with Crippen LogP contribution in [0.4, 0.5) is 5.88 Å². The summed E-state index contributed by atoms with van der Waals surface area (Å²) in [6.45, 7) is 2.78. The maximum Gasteiger partial charge on any atom is 0.196 e. The third-order valence-corrected chi connectivity index (χ3v) is 3.06. The molecule has 1 fully saturated rings. The number of hydrogen-bond donors (Lipinski definition) is 0. The molecule has 2 rings (SSSR count). The Morgan fingerprint density at radius 2 is 2.25 bits per heavy atom. The van der Waals surface area contributed by atoms with E-state index in [1.807, 2.05) is 6.07 Å². The molecule has 0 aromatic carbocycles. The van der Waals surface area contributed by atoms with Crippen molar-refractivity contribution in [2.24, 2.45) is 5.92 Å². The van der Waals surface area contributed by atoms with Crippen LogP contribution in [0.2, 0.25) is 0 Å². The summed E-state index contributed by atoms with van der Waals surface area (Å²) >= 11 is 0. The predicted molar refractivity (Wildman–Crippen MR) is 60.9 cm³/mol. The molecule has 1 aromatic heterocycles. The van der Waals surface area contributed by atoms with Crippen LogP contribution in [-0.2, 0) is 4.74 Å². The van der Waals surface area contributed by atoms with Gasteiger partial charge in [-0.2, -0.15) is 0 Å². The number of rotatable bonds is 4. The minimum atomic E-state index is 0.397. The lowest BCUT2D eigenvalue weighted by Gasteiger charge is -2.31. The second-order valence-corrected chi connectivity index (χ2v) is 4.18. The molecule has 0 spiro atoms. The van der Waals surface area contributed by atoms with Crippen molar-refractivity contribution in [3.8, 4) is 0 Å². The Morgan fingerprint density at radius 3 is 2.81 bits per heavy atom. The minimum absolute atomic E-state index is 0.397. The van der Waals surface area contributed by atoms with Gasteiger partial charge in [0.1, 0.15) is 0 Å². The zero-order chi connectivity index (χ0) is 11.4. The summed E-state index contributed by atoms with van der Waals surface area (Å²) in [5, 5.41) is 0. The minimum Gasteiger partial charge on any atom is -0.438 e. The van der Waals surface area contributed by atoms with E-state index < -0.39 is 0 Å². The molecule has 0 unspecified atom stereocenters. The largest absolute Gasteiger partial charge is 0.438 e. The third kappa shape index (κ3) is 2.44. The van der Waals surface area contributed by atoms with Gasteiger partial charge >= 0.3 is 0 Å². The van der Waals surface area contributed by atoms with E-state index in [1.54, 1.807) is 13.2 Å². The van der Waals surface area contributed by atoms with E-state index in [0.717, 1.165) is 44.7 Å². The summed E-state index contributed by atoms with van der Waals surface area (Å²) in [4.78, 5) is 12.7. The fraction of sp³-hybridized carbons (Fsp3) is 0.583. The molecule has 0 amide bonds. The zero-order valence-corrected chi connectivity index (χ0v) is 9.52. The van der Waals surface area contributed by atoms with Crippen LogP contribution in [0.25, 0.3) is 0 Å². The first kappa shape index (κ1) is 11.2. The van der Waals surface area contributed by atoms with Gasteiger partial charge < -0.3 is 14.1 Å². The van der Waals surface area contributed by atoms with Gasteiger partial charge in [-0.05, 0) is 24.8 Å². The highest BCUT2D eigenvalue weighted by Crippen LogP contribution is 2.24. The predicted octanol–water partition coefficient (Wildman–Crippen LogP) is 1.95. The van der Waals surface area contributed by atoms with Gasteiger partial charge in [0.2, 0.25) is 0 Å². The first-order valence-corrected chi connectivity index (χ1v) is 5.62. The molecule has 1 aliphatic rings. The van der Waals surface area contributed by atoms with E-state index in [2.05, 4.69) is 4.90 Å². The fourth-order valence-corrected chi connectivity index (χ4v) is 2.13. The molecule has 1 saturated heterocycles. The number of anilines is 1. The van der Waals surface area contributed by atoms with Crippen LogP contribution in [0.5, 0.6) is 0 Å². The number of methoxy groups -OCH3 is 1. The van der Waals surface area contributed by atoms with Gasteiger partial charge in [0, 0.05) is 32.9 Å². The Kier molecular flexibility index (Phi) is 3.62. The lowest BCUT2D eigenvalue weighted by Crippen LogP contribution is -2.34. The smallest absolute Gasteiger partial charge is 0.196 e. The highest BCUT2D eigenvalue weighted by atomic mass is 16.5. The first-order valence-electron chi connectivity index (χ1n) is 5.62. The summed E-state index contributed by atoms with van der Waals surface area (Å²) < 4.78 is 10.5. The number of furan rings is 1. The molecule has 2 heterocycles. The number of carbonyl (C=O) groups excluding carboxylic acids is 1. The van der Waals surface area contributed by atoms with Crippen molar-refractivity contribution in [1.29, 1.82) is 0 Å². The Balaban J connectivity index is 1.91. The van der Waals surface area contributed by atoms with Crippen molar-refractivity contribution in [3.63, 3.8) is 0 Å². The number of hydrogen-bond acceptors (Lipinski definition) is 4. The lowest BCUT2D eigenvalue weighted by atomic mass is 9.98. The molecular formula is C12H17NO3. The topological polar surface area (TPSA) is 42.7 Å². The van der Waals surface area contributed by atoms with Crippen LogP contribution in [0.1, 0.15) is 23.4 Å². The molecule has 0 N–H and O–H groups in total. The van der Waals surface area contributed by atoms with E-state index in [0.29, 0.717) is 11.7 Å². The number of nitrogens with zero attached hydrogens (tertiary/aromatic N) is 1. The monoisotopic (exact) mass is 223 g/mol. The highest BCUT2D eigenvalue weighted by molar-refractivity contribution is 5.71. The molecule has 1 aliphatic heterocycles. The molecule has 0 bridgehead atoms. The summed E-state index contributed by atoms with van der Waals surface area (Å²) in [7, 11) is 1.75. The summed E-state index contributed by atoms with van der Waals surface area (Å²) in [5.41, 5.74) is 0. The zero-order valence-electron chi connectivity index (χ0n) is 9.52. The Morgan fingerprint density at radius 1 is 1.50 bits per heavy atom. The number of carbonyl (C=O) groups is 1. The maximum absolute atomic E-state index is 10.5. The van der Waals surface area contributed by atoms with Crippen molar-refractivity contribution in [1.82, 2.24) is 0 Å². The lowest BCUT2D eigenvalue weighted by molar-refractivity contribution is 0.110. The second kappa shape index (κ2) is 5.16. The van der Waals surface area contributed by atoms with Crippen LogP contribution in [0.15, 0.2) is 16.5 Å². The molecule has 0 atom stereocenters. The van der Waals surface area contributed by atoms with Gasteiger partial charge in [0.15, 0.2) is 17.9 Å². The second-order valence-electron chi connectivity index (χ2n) is 4.18. The Hall–Kier alpha value is -1.29. The van der Waals surface area contributed by atoms with Gasteiger partial charge in [-0.25, -0.2) is 0 Å². The molecule has 1 aromatic rings.